The normalized spacial score (nSPS) is 21.6. The first kappa shape index (κ1) is 9.72. The molecule has 2 heteroatoms. The maximum atomic E-state index is 11.0. The first-order chi connectivity index (χ1) is 5.72. The van der Waals surface area contributed by atoms with Crippen LogP contribution < -0.4 is 0 Å². The van der Waals surface area contributed by atoms with Gasteiger partial charge >= 0.3 is 0 Å². The van der Waals surface area contributed by atoms with Crippen LogP contribution in [0.25, 0.3) is 0 Å². The van der Waals surface area contributed by atoms with Crippen LogP contribution in [0.15, 0.2) is 0 Å². The molecule has 0 aromatic rings. The minimum Gasteiger partial charge on any atom is -0.306 e. The van der Waals surface area contributed by atoms with Gasteiger partial charge in [-0.05, 0) is 26.4 Å². The first-order valence-corrected chi connectivity index (χ1v) is 4.87. The number of aldehydes is 1. The molecule has 0 aromatic heterocycles. The van der Waals surface area contributed by atoms with Crippen LogP contribution in [0.1, 0.15) is 32.6 Å². The van der Waals surface area contributed by atoms with Crippen molar-refractivity contribution in [3.63, 3.8) is 0 Å². The molecule has 0 amide bonds. The molecule has 0 saturated heterocycles. The van der Waals surface area contributed by atoms with E-state index in [1.54, 1.807) is 0 Å². The van der Waals surface area contributed by atoms with Gasteiger partial charge in [-0.1, -0.05) is 19.8 Å². The minimum atomic E-state index is 0.00472. The Bertz CT molecular complexity index is 150. The Morgan fingerprint density at radius 3 is 2.42 bits per heavy atom. The van der Waals surface area contributed by atoms with Crippen molar-refractivity contribution in [3.05, 3.63) is 0 Å². The lowest BCUT2D eigenvalue weighted by Gasteiger charge is -2.27. The summed E-state index contributed by atoms with van der Waals surface area (Å²) in [6.45, 7) is 4.12. The van der Waals surface area contributed by atoms with Gasteiger partial charge in [0.05, 0.1) is 0 Å². The molecular weight excluding hydrogens is 150 g/mol. The summed E-state index contributed by atoms with van der Waals surface area (Å²) in [6, 6.07) is 0. The van der Waals surface area contributed by atoms with Crippen molar-refractivity contribution in [1.29, 1.82) is 0 Å². The molecule has 1 fully saturated rings. The highest BCUT2D eigenvalue weighted by molar-refractivity contribution is 5.60. The van der Waals surface area contributed by atoms with Crippen LogP contribution in [-0.4, -0.2) is 31.3 Å². The SMILES string of the molecule is CCN(C)CC1(C=O)CCCC1. The zero-order chi connectivity index (χ0) is 9.03. The van der Waals surface area contributed by atoms with E-state index in [9.17, 15) is 4.79 Å². The number of nitrogens with zero attached hydrogens (tertiary/aromatic N) is 1. The lowest BCUT2D eigenvalue weighted by atomic mass is 9.87. The number of rotatable bonds is 4. The van der Waals surface area contributed by atoms with E-state index in [0.29, 0.717) is 0 Å². The van der Waals surface area contributed by atoms with Crippen molar-refractivity contribution in [1.82, 2.24) is 4.90 Å². The lowest BCUT2D eigenvalue weighted by molar-refractivity contribution is -0.116. The van der Waals surface area contributed by atoms with Crippen LogP contribution in [0.2, 0.25) is 0 Å². The van der Waals surface area contributed by atoms with E-state index in [1.807, 2.05) is 0 Å². The van der Waals surface area contributed by atoms with Crippen molar-refractivity contribution < 1.29 is 4.79 Å². The Labute approximate surface area is 74.9 Å². The number of carbonyl (C=O) groups excluding carboxylic acids is 1. The summed E-state index contributed by atoms with van der Waals surface area (Å²) in [6.07, 6.45) is 5.85. The molecule has 0 bridgehead atoms. The molecule has 1 saturated carbocycles. The maximum absolute atomic E-state index is 11.0. The monoisotopic (exact) mass is 169 g/mol. The number of hydrogen-bond donors (Lipinski definition) is 0. The van der Waals surface area contributed by atoms with Crippen molar-refractivity contribution in [2.24, 2.45) is 5.41 Å². The largest absolute Gasteiger partial charge is 0.306 e. The topological polar surface area (TPSA) is 20.3 Å². The molecule has 0 unspecified atom stereocenters. The van der Waals surface area contributed by atoms with Gasteiger partial charge in [0.15, 0.2) is 0 Å². The zero-order valence-corrected chi connectivity index (χ0v) is 8.18. The third kappa shape index (κ3) is 2.07. The van der Waals surface area contributed by atoms with Gasteiger partial charge in [0.2, 0.25) is 0 Å². The Kier molecular flexibility index (Phi) is 3.27. The predicted octanol–water partition coefficient (Wildman–Crippen LogP) is 1.70. The molecule has 70 valence electrons. The van der Waals surface area contributed by atoms with Gasteiger partial charge in [-0.3, -0.25) is 0 Å². The average molecular weight is 169 g/mol. The molecule has 0 spiro atoms. The molecule has 0 N–H and O–H groups in total. The summed E-state index contributed by atoms with van der Waals surface area (Å²) in [5, 5.41) is 0. The second-order valence-corrected chi connectivity index (χ2v) is 4.02. The van der Waals surface area contributed by atoms with Gasteiger partial charge in [0.1, 0.15) is 6.29 Å². The van der Waals surface area contributed by atoms with Gasteiger partial charge in [-0.15, -0.1) is 0 Å². The summed E-state index contributed by atoms with van der Waals surface area (Å²) < 4.78 is 0. The van der Waals surface area contributed by atoms with E-state index in [-0.39, 0.29) is 5.41 Å². The quantitative estimate of drug-likeness (QED) is 0.597. The molecular formula is C10H19NO. The minimum absolute atomic E-state index is 0.00472. The highest BCUT2D eigenvalue weighted by atomic mass is 16.1. The third-order valence-corrected chi connectivity index (χ3v) is 2.97. The van der Waals surface area contributed by atoms with Crippen molar-refractivity contribution >= 4 is 6.29 Å². The van der Waals surface area contributed by atoms with Crippen molar-refractivity contribution in [2.75, 3.05) is 20.1 Å². The second-order valence-electron chi connectivity index (χ2n) is 4.02. The van der Waals surface area contributed by atoms with Gasteiger partial charge < -0.3 is 9.69 Å². The Morgan fingerprint density at radius 2 is 2.00 bits per heavy atom. The molecule has 1 aliphatic carbocycles. The van der Waals surface area contributed by atoms with Crippen LogP contribution >= 0.6 is 0 Å². The molecule has 2 nitrogen and oxygen atoms in total. The van der Waals surface area contributed by atoms with E-state index >= 15 is 0 Å². The smallest absolute Gasteiger partial charge is 0.127 e. The fraction of sp³-hybridized carbons (Fsp3) is 0.900. The molecule has 0 atom stereocenters. The standard InChI is InChI=1S/C10H19NO/c1-3-11(2)8-10(9-12)6-4-5-7-10/h9H,3-8H2,1-2H3. The van der Waals surface area contributed by atoms with Crippen LogP contribution in [0, 0.1) is 5.41 Å². The number of carbonyl (C=O) groups is 1. The maximum Gasteiger partial charge on any atom is 0.127 e. The van der Waals surface area contributed by atoms with E-state index < -0.39 is 0 Å². The van der Waals surface area contributed by atoms with Gasteiger partial charge in [-0.25, -0.2) is 0 Å². The number of hydrogen-bond acceptors (Lipinski definition) is 2. The van der Waals surface area contributed by atoms with E-state index in [0.717, 1.165) is 25.9 Å². The van der Waals surface area contributed by atoms with Gasteiger partial charge in [0, 0.05) is 12.0 Å². The Morgan fingerprint density at radius 1 is 1.42 bits per heavy atom. The molecule has 1 aliphatic rings. The summed E-state index contributed by atoms with van der Waals surface area (Å²) in [7, 11) is 2.09. The summed E-state index contributed by atoms with van der Waals surface area (Å²) in [5.74, 6) is 0. The van der Waals surface area contributed by atoms with E-state index in [4.69, 9.17) is 0 Å². The highest BCUT2D eigenvalue weighted by Crippen LogP contribution is 2.36. The Hall–Kier alpha value is -0.370. The molecule has 0 heterocycles. The molecule has 0 aliphatic heterocycles. The third-order valence-electron chi connectivity index (χ3n) is 2.97. The first-order valence-electron chi connectivity index (χ1n) is 4.87. The van der Waals surface area contributed by atoms with Gasteiger partial charge in [0.25, 0.3) is 0 Å². The van der Waals surface area contributed by atoms with Crippen molar-refractivity contribution in [3.8, 4) is 0 Å². The van der Waals surface area contributed by atoms with Crippen LogP contribution in [0.4, 0.5) is 0 Å². The fourth-order valence-corrected chi connectivity index (χ4v) is 2.04. The fourth-order valence-electron chi connectivity index (χ4n) is 2.04. The highest BCUT2D eigenvalue weighted by Gasteiger charge is 2.34. The van der Waals surface area contributed by atoms with Gasteiger partial charge in [-0.2, -0.15) is 0 Å². The van der Waals surface area contributed by atoms with E-state index in [2.05, 4.69) is 18.9 Å². The van der Waals surface area contributed by atoms with Crippen LogP contribution in [0.3, 0.4) is 0 Å². The predicted molar refractivity (Wildman–Crippen MR) is 50.1 cm³/mol. The lowest BCUT2D eigenvalue weighted by Crippen LogP contribution is -2.34. The summed E-state index contributed by atoms with van der Waals surface area (Å²) in [4.78, 5) is 13.2. The molecule has 0 radical (unpaired) electrons. The Balaban J connectivity index is 2.49. The molecule has 1 rings (SSSR count). The molecule has 12 heavy (non-hydrogen) atoms. The van der Waals surface area contributed by atoms with Crippen LogP contribution in [0.5, 0.6) is 0 Å². The summed E-state index contributed by atoms with van der Waals surface area (Å²) in [5.41, 5.74) is 0.00472. The molecule has 0 aromatic carbocycles. The van der Waals surface area contributed by atoms with Crippen LogP contribution in [-0.2, 0) is 4.79 Å². The van der Waals surface area contributed by atoms with Crippen molar-refractivity contribution in [2.45, 2.75) is 32.6 Å². The summed E-state index contributed by atoms with van der Waals surface area (Å²) >= 11 is 0. The van der Waals surface area contributed by atoms with E-state index in [1.165, 1.54) is 19.1 Å². The second kappa shape index (κ2) is 4.04. The zero-order valence-electron chi connectivity index (χ0n) is 8.18. The average Bonchev–Trinajstić information content (AvgIpc) is 2.54.